The van der Waals surface area contributed by atoms with Crippen LogP contribution in [0.1, 0.15) is 38.4 Å². The fraction of sp³-hybridized carbons (Fsp3) is 0.474. The lowest BCUT2D eigenvalue weighted by molar-refractivity contribution is -0.131. The molecule has 1 amide bonds. The maximum Gasteiger partial charge on any atom is 0.280 e. The summed E-state index contributed by atoms with van der Waals surface area (Å²) in [6, 6.07) is 8.82. The Morgan fingerprint density at radius 3 is 2.48 bits per heavy atom. The molecule has 3 rings (SSSR count). The van der Waals surface area contributed by atoms with Crippen molar-refractivity contribution in [3.63, 3.8) is 0 Å². The summed E-state index contributed by atoms with van der Waals surface area (Å²) in [5.41, 5.74) is 3.42. The van der Waals surface area contributed by atoms with Gasteiger partial charge < -0.3 is 4.98 Å². The largest absolute Gasteiger partial charge is 0.348 e. The van der Waals surface area contributed by atoms with Crippen molar-refractivity contribution in [1.29, 1.82) is 0 Å². The van der Waals surface area contributed by atoms with Gasteiger partial charge in [-0.05, 0) is 18.8 Å². The van der Waals surface area contributed by atoms with Gasteiger partial charge in [0.1, 0.15) is 11.9 Å². The Hall–Kier alpha value is -2.27. The van der Waals surface area contributed by atoms with Crippen molar-refractivity contribution in [1.82, 2.24) is 24.5 Å². The van der Waals surface area contributed by atoms with E-state index < -0.39 is 22.2 Å². The zero-order valence-electron chi connectivity index (χ0n) is 16.5. The molecular weight excluding hydrogens is 394 g/mol. The van der Waals surface area contributed by atoms with E-state index in [2.05, 4.69) is 14.7 Å². The number of carbonyl (C=O) groups excluding carboxylic acids is 1. The summed E-state index contributed by atoms with van der Waals surface area (Å²) >= 11 is 0. The average molecular weight is 422 g/mol. The van der Waals surface area contributed by atoms with E-state index in [4.69, 9.17) is 5.21 Å². The first-order valence-electron chi connectivity index (χ1n) is 9.64. The van der Waals surface area contributed by atoms with Crippen LogP contribution in [0.25, 0.3) is 11.3 Å². The summed E-state index contributed by atoms with van der Waals surface area (Å²) in [5, 5.41) is 8.85. The van der Waals surface area contributed by atoms with Crippen LogP contribution in [0, 0.1) is 5.92 Å². The van der Waals surface area contributed by atoms with Crippen LogP contribution >= 0.6 is 0 Å². The third-order valence-electron chi connectivity index (χ3n) is 5.18. The molecular formula is C19H27N5O4S. The Kier molecular flexibility index (Phi) is 6.68. The molecule has 4 N–H and O–H groups in total. The Morgan fingerprint density at radius 1 is 1.24 bits per heavy atom. The molecule has 1 aromatic heterocycles. The molecule has 0 spiro atoms. The van der Waals surface area contributed by atoms with Crippen LogP contribution in [0.3, 0.4) is 0 Å². The van der Waals surface area contributed by atoms with Crippen LogP contribution in [0.5, 0.6) is 0 Å². The van der Waals surface area contributed by atoms with Crippen LogP contribution < -0.4 is 10.2 Å². The summed E-state index contributed by atoms with van der Waals surface area (Å²) in [7, 11) is -3.85. The van der Waals surface area contributed by atoms with Gasteiger partial charge in [-0.25, -0.2) is 10.5 Å². The summed E-state index contributed by atoms with van der Waals surface area (Å²) in [6.07, 6.45) is 3.12. The Bertz CT molecular complexity index is 921. The van der Waals surface area contributed by atoms with Gasteiger partial charge in [0, 0.05) is 30.8 Å². The highest BCUT2D eigenvalue weighted by atomic mass is 32.2. The van der Waals surface area contributed by atoms with Crippen LogP contribution in [0.2, 0.25) is 0 Å². The Labute approximate surface area is 170 Å². The summed E-state index contributed by atoms with van der Waals surface area (Å²) in [6.45, 7) is 4.06. The lowest BCUT2D eigenvalue weighted by atomic mass is 9.97. The van der Waals surface area contributed by atoms with Crippen LogP contribution in [0.4, 0.5) is 0 Å². The lowest BCUT2D eigenvalue weighted by Gasteiger charge is -2.32. The van der Waals surface area contributed by atoms with E-state index in [1.54, 1.807) is 13.8 Å². The normalized spacial score (nSPS) is 17.4. The van der Waals surface area contributed by atoms with Crippen molar-refractivity contribution in [3.8, 4) is 11.3 Å². The monoisotopic (exact) mass is 421 g/mol. The van der Waals surface area contributed by atoms with Gasteiger partial charge in [0.05, 0.1) is 5.69 Å². The smallest absolute Gasteiger partial charge is 0.280 e. The summed E-state index contributed by atoms with van der Waals surface area (Å²) < 4.78 is 29.1. The minimum Gasteiger partial charge on any atom is -0.348 e. The maximum atomic E-state index is 12.7. The molecule has 1 atom stereocenters. The highest BCUT2D eigenvalue weighted by Gasteiger charge is 2.34. The van der Waals surface area contributed by atoms with E-state index in [0.717, 1.165) is 17.1 Å². The predicted molar refractivity (Wildman–Crippen MR) is 108 cm³/mol. The van der Waals surface area contributed by atoms with Gasteiger partial charge in [0.2, 0.25) is 0 Å². The number of aromatic amines is 1. The molecule has 0 unspecified atom stereocenters. The van der Waals surface area contributed by atoms with E-state index in [1.807, 2.05) is 36.5 Å². The highest BCUT2D eigenvalue weighted by Crippen LogP contribution is 2.29. The van der Waals surface area contributed by atoms with Crippen molar-refractivity contribution in [3.05, 3.63) is 42.4 Å². The van der Waals surface area contributed by atoms with Gasteiger partial charge in [0.25, 0.3) is 16.1 Å². The second kappa shape index (κ2) is 9.04. The number of hydrogen-bond donors (Lipinski definition) is 4. The van der Waals surface area contributed by atoms with Crippen molar-refractivity contribution in [2.24, 2.45) is 5.92 Å². The molecule has 2 heterocycles. The van der Waals surface area contributed by atoms with Crippen molar-refractivity contribution in [2.45, 2.75) is 38.6 Å². The Balaban J connectivity index is 1.63. The van der Waals surface area contributed by atoms with Crippen molar-refractivity contribution >= 4 is 16.1 Å². The number of benzene rings is 1. The van der Waals surface area contributed by atoms with Gasteiger partial charge >= 0.3 is 0 Å². The molecule has 9 nitrogen and oxygen atoms in total. The second-order valence-corrected chi connectivity index (χ2v) is 9.23. The molecule has 158 valence electrons. The van der Waals surface area contributed by atoms with E-state index in [0.29, 0.717) is 25.9 Å². The fourth-order valence-corrected chi connectivity index (χ4v) is 5.01. The molecule has 1 fully saturated rings. The second-order valence-electron chi connectivity index (χ2n) is 7.53. The standard InChI is InChI=1S/C19H27N5O4S/c1-13(2)17(19(25)22-26)23-29(27,28)24-10-8-15(9-11-24)18-20-12-16(21-18)14-6-4-3-5-7-14/h3-7,12-13,15,17,23,26H,8-11H2,1-2H3,(H,20,21)(H,22,25)/t17-/m1/s1. The van der Waals surface area contributed by atoms with E-state index >= 15 is 0 Å². The fourth-order valence-electron chi connectivity index (χ4n) is 3.47. The molecule has 10 heteroatoms. The number of hydrogen-bond acceptors (Lipinski definition) is 5. The first kappa shape index (κ1) is 21.4. The number of piperidine rings is 1. The van der Waals surface area contributed by atoms with Gasteiger partial charge in [-0.2, -0.15) is 17.4 Å². The molecule has 0 bridgehead atoms. The van der Waals surface area contributed by atoms with Crippen molar-refractivity contribution in [2.75, 3.05) is 13.1 Å². The molecule has 0 saturated carbocycles. The molecule has 1 aliphatic rings. The number of rotatable bonds is 7. The number of aromatic nitrogens is 2. The van der Waals surface area contributed by atoms with Gasteiger partial charge in [-0.15, -0.1) is 0 Å². The first-order valence-corrected chi connectivity index (χ1v) is 11.1. The van der Waals surface area contributed by atoms with Crippen LogP contribution in [-0.2, 0) is 15.0 Å². The Morgan fingerprint density at radius 2 is 1.90 bits per heavy atom. The molecule has 1 saturated heterocycles. The molecule has 0 aliphatic carbocycles. The van der Waals surface area contributed by atoms with E-state index in [1.165, 1.54) is 9.79 Å². The highest BCUT2D eigenvalue weighted by molar-refractivity contribution is 7.87. The quantitative estimate of drug-likeness (QED) is 0.399. The summed E-state index contributed by atoms with van der Waals surface area (Å²) in [5.74, 6) is -0.0920. The average Bonchev–Trinajstić information content (AvgIpc) is 3.22. The predicted octanol–water partition coefficient (Wildman–Crippen LogP) is 1.62. The number of amides is 1. The zero-order valence-corrected chi connectivity index (χ0v) is 17.3. The van der Waals surface area contributed by atoms with E-state index in [-0.39, 0.29) is 11.8 Å². The topological polar surface area (TPSA) is 127 Å². The minimum atomic E-state index is -3.85. The molecule has 1 aliphatic heterocycles. The number of nitrogens with zero attached hydrogens (tertiary/aromatic N) is 2. The molecule has 29 heavy (non-hydrogen) atoms. The zero-order chi connectivity index (χ0) is 21.0. The number of nitrogens with one attached hydrogen (secondary N) is 3. The number of hydroxylamine groups is 1. The SMILES string of the molecule is CC(C)[C@@H](NS(=O)(=O)N1CCC(c2nc(-c3ccccc3)c[nH]2)CC1)C(=O)NO. The third-order valence-corrected chi connectivity index (χ3v) is 6.78. The summed E-state index contributed by atoms with van der Waals surface area (Å²) in [4.78, 5) is 19.7. The maximum absolute atomic E-state index is 12.7. The number of carbonyl (C=O) groups is 1. The third kappa shape index (κ3) is 5.02. The van der Waals surface area contributed by atoms with Crippen molar-refractivity contribution < 1.29 is 18.4 Å². The molecule has 1 aromatic carbocycles. The van der Waals surface area contributed by atoms with E-state index in [9.17, 15) is 13.2 Å². The molecule has 2 aromatic rings. The number of imidazole rings is 1. The van der Waals surface area contributed by atoms with Crippen LogP contribution in [0.15, 0.2) is 36.5 Å². The first-order chi connectivity index (χ1) is 13.8. The molecule has 0 radical (unpaired) electrons. The van der Waals surface area contributed by atoms with Gasteiger partial charge in [-0.3, -0.25) is 10.0 Å². The number of H-pyrrole nitrogens is 1. The van der Waals surface area contributed by atoms with Crippen LogP contribution in [-0.4, -0.2) is 52.9 Å². The minimum absolute atomic E-state index is 0.139. The van der Waals surface area contributed by atoms with Gasteiger partial charge in [0.15, 0.2) is 0 Å². The van der Waals surface area contributed by atoms with Gasteiger partial charge in [-0.1, -0.05) is 44.2 Å². The lowest BCUT2D eigenvalue weighted by Crippen LogP contribution is -2.54.